The van der Waals surface area contributed by atoms with Crippen LogP contribution >= 0.6 is 0 Å². The fourth-order valence-corrected chi connectivity index (χ4v) is 4.02. The van der Waals surface area contributed by atoms with Gasteiger partial charge in [-0.2, -0.15) is 0 Å². The lowest BCUT2D eigenvalue weighted by molar-refractivity contribution is -0.152. The number of fused-ring (bicyclic) bond motifs is 1. The summed E-state index contributed by atoms with van der Waals surface area (Å²) in [5, 5.41) is 12.5. The van der Waals surface area contributed by atoms with Crippen molar-refractivity contribution in [3.05, 3.63) is 0 Å². The van der Waals surface area contributed by atoms with Crippen LogP contribution in [0.5, 0.6) is 0 Å². The predicted molar refractivity (Wildman–Crippen MR) is 81.0 cm³/mol. The number of carbonyl (C=O) groups excluding carboxylic acids is 1. The molecule has 1 amide bonds. The Kier molecular flexibility index (Phi) is 5.25. The van der Waals surface area contributed by atoms with Crippen molar-refractivity contribution in [1.82, 2.24) is 10.2 Å². The van der Waals surface area contributed by atoms with E-state index in [4.69, 9.17) is 0 Å². The number of likely N-dealkylation sites (tertiary alicyclic amines) is 1. The van der Waals surface area contributed by atoms with E-state index in [0.717, 1.165) is 19.3 Å². The third-order valence-corrected chi connectivity index (χ3v) is 4.97. The molecular formula is C16H28N2O3. The van der Waals surface area contributed by atoms with E-state index in [-0.39, 0.29) is 24.0 Å². The highest BCUT2D eigenvalue weighted by atomic mass is 16.4. The zero-order valence-electron chi connectivity index (χ0n) is 13.3. The lowest BCUT2D eigenvalue weighted by atomic mass is 9.75. The van der Waals surface area contributed by atoms with Crippen molar-refractivity contribution in [2.45, 2.75) is 83.5 Å². The first-order valence-electron chi connectivity index (χ1n) is 8.22. The summed E-state index contributed by atoms with van der Waals surface area (Å²) in [7, 11) is 0. The molecule has 2 aliphatic rings. The number of nitrogens with one attached hydrogen (secondary N) is 1. The van der Waals surface area contributed by atoms with Crippen LogP contribution in [0.3, 0.4) is 0 Å². The van der Waals surface area contributed by atoms with Crippen LogP contribution in [0.15, 0.2) is 0 Å². The highest BCUT2D eigenvalue weighted by Crippen LogP contribution is 2.39. The number of piperidine rings is 1. The van der Waals surface area contributed by atoms with E-state index in [1.54, 1.807) is 0 Å². The third-order valence-electron chi connectivity index (χ3n) is 4.97. The summed E-state index contributed by atoms with van der Waals surface area (Å²) in [6.45, 7) is 5.71. The van der Waals surface area contributed by atoms with Gasteiger partial charge in [0.1, 0.15) is 6.04 Å². The molecule has 5 nitrogen and oxygen atoms in total. The second kappa shape index (κ2) is 6.77. The fraction of sp³-hybridized carbons (Fsp3) is 0.875. The van der Waals surface area contributed by atoms with Gasteiger partial charge in [-0.05, 0) is 52.4 Å². The van der Waals surface area contributed by atoms with Crippen molar-refractivity contribution in [3.63, 3.8) is 0 Å². The molecular weight excluding hydrogens is 268 g/mol. The van der Waals surface area contributed by atoms with E-state index in [1.807, 2.05) is 25.7 Å². The van der Waals surface area contributed by atoms with Gasteiger partial charge >= 0.3 is 5.97 Å². The maximum absolute atomic E-state index is 12.3. The van der Waals surface area contributed by atoms with E-state index in [0.29, 0.717) is 12.3 Å². The molecule has 1 saturated heterocycles. The second-order valence-electron chi connectivity index (χ2n) is 6.83. The molecule has 0 radical (unpaired) electrons. The van der Waals surface area contributed by atoms with Gasteiger partial charge in [0.2, 0.25) is 5.91 Å². The monoisotopic (exact) mass is 296 g/mol. The normalized spacial score (nSPS) is 31.5. The van der Waals surface area contributed by atoms with Gasteiger partial charge in [0.25, 0.3) is 0 Å². The Balaban J connectivity index is 2.19. The van der Waals surface area contributed by atoms with E-state index in [9.17, 15) is 14.7 Å². The number of amides is 1. The molecule has 120 valence electrons. The first kappa shape index (κ1) is 16.3. The van der Waals surface area contributed by atoms with Crippen molar-refractivity contribution in [2.24, 2.45) is 5.92 Å². The molecule has 0 bridgehead atoms. The Morgan fingerprint density at radius 3 is 2.38 bits per heavy atom. The van der Waals surface area contributed by atoms with Crippen LogP contribution in [0.25, 0.3) is 0 Å². The van der Waals surface area contributed by atoms with Crippen LogP contribution in [-0.2, 0) is 9.59 Å². The summed E-state index contributed by atoms with van der Waals surface area (Å²) in [4.78, 5) is 26.0. The van der Waals surface area contributed by atoms with Crippen LogP contribution in [0.1, 0.15) is 59.3 Å². The molecule has 1 saturated carbocycles. The quantitative estimate of drug-likeness (QED) is 0.832. The largest absolute Gasteiger partial charge is 0.480 e. The van der Waals surface area contributed by atoms with Crippen LogP contribution in [0.2, 0.25) is 0 Å². The molecule has 0 aromatic rings. The number of carbonyl (C=O) groups is 2. The maximum Gasteiger partial charge on any atom is 0.320 e. The van der Waals surface area contributed by atoms with Crippen LogP contribution in [-0.4, -0.2) is 46.1 Å². The summed E-state index contributed by atoms with van der Waals surface area (Å²) in [6, 6.07) is -0.562. The van der Waals surface area contributed by atoms with E-state index in [2.05, 4.69) is 5.32 Å². The molecule has 1 aliphatic heterocycles. The number of hydrogen-bond acceptors (Lipinski definition) is 3. The summed E-state index contributed by atoms with van der Waals surface area (Å²) in [6.07, 6.45) is 6.22. The number of nitrogens with zero attached hydrogens (tertiary/aromatic N) is 1. The van der Waals surface area contributed by atoms with Crippen molar-refractivity contribution < 1.29 is 14.7 Å². The van der Waals surface area contributed by atoms with E-state index >= 15 is 0 Å². The van der Waals surface area contributed by atoms with Crippen LogP contribution in [0.4, 0.5) is 0 Å². The number of carboxylic acids is 1. The minimum absolute atomic E-state index is 0.0533. The highest BCUT2D eigenvalue weighted by Gasteiger charge is 2.44. The average Bonchev–Trinajstić information content (AvgIpc) is 2.44. The first-order chi connectivity index (χ1) is 9.91. The number of hydrogen-bond donors (Lipinski definition) is 2. The summed E-state index contributed by atoms with van der Waals surface area (Å²) < 4.78 is 0. The van der Waals surface area contributed by atoms with Gasteiger partial charge in [-0.15, -0.1) is 0 Å². The van der Waals surface area contributed by atoms with Gasteiger partial charge in [0.05, 0.1) is 6.04 Å². The molecule has 5 heteroatoms. The predicted octanol–water partition coefficient (Wildman–Crippen LogP) is 2.01. The Hall–Kier alpha value is -1.10. The molecule has 4 atom stereocenters. The standard InChI is InChI=1S/C16H28N2O3/c1-10(2)17-15(19)11(3)18-13-7-5-4-6-12(13)8-9-14(18)16(20)21/h10-14H,4-9H2,1-3H3,(H,17,19)(H,20,21). The molecule has 21 heavy (non-hydrogen) atoms. The minimum atomic E-state index is -0.789. The van der Waals surface area contributed by atoms with Crippen molar-refractivity contribution in [1.29, 1.82) is 0 Å². The smallest absolute Gasteiger partial charge is 0.320 e. The van der Waals surface area contributed by atoms with Crippen LogP contribution < -0.4 is 5.32 Å². The van der Waals surface area contributed by atoms with Gasteiger partial charge in [-0.3, -0.25) is 14.5 Å². The molecule has 2 fully saturated rings. The van der Waals surface area contributed by atoms with E-state index in [1.165, 1.54) is 12.8 Å². The number of rotatable bonds is 4. The molecule has 2 rings (SSSR count). The number of carboxylic acid groups (broad SMARTS) is 1. The first-order valence-corrected chi connectivity index (χ1v) is 8.22. The Bertz CT molecular complexity index is 397. The zero-order valence-corrected chi connectivity index (χ0v) is 13.3. The Morgan fingerprint density at radius 1 is 1.10 bits per heavy atom. The molecule has 0 aromatic heterocycles. The van der Waals surface area contributed by atoms with Crippen LogP contribution in [0, 0.1) is 5.92 Å². The van der Waals surface area contributed by atoms with Gasteiger partial charge in [0.15, 0.2) is 0 Å². The second-order valence-corrected chi connectivity index (χ2v) is 6.83. The average molecular weight is 296 g/mol. The van der Waals surface area contributed by atoms with Crippen molar-refractivity contribution in [2.75, 3.05) is 0 Å². The molecule has 1 heterocycles. The van der Waals surface area contributed by atoms with Gasteiger partial charge < -0.3 is 10.4 Å². The third kappa shape index (κ3) is 3.57. The molecule has 1 aliphatic carbocycles. The summed E-state index contributed by atoms with van der Waals surface area (Å²) >= 11 is 0. The lowest BCUT2D eigenvalue weighted by Gasteiger charge is -2.49. The van der Waals surface area contributed by atoms with Crippen molar-refractivity contribution >= 4 is 11.9 Å². The topological polar surface area (TPSA) is 69.6 Å². The van der Waals surface area contributed by atoms with Gasteiger partial charge in [-0.25, -0.2) is 0 Å². The van der Waals surface area contributed by atoms with Gasteiger partial charge in [-0.1, -0.05) is 12.8 Å². The lowest BCUT2D eigenvalue weighted by Crippen LogP contribution is -2.61. The summed E-state index contributed by atoms with van der Waals surface area (Å²) in [5.41, 5.74) is 0. The summed E-state index contributed by atoms with van der Waals surface area (Å²) in [5.74, 6) is -0.283. The fourth-order valence-electron chi connectivity index (χ4n) is 4.02. The SMILES string of the molecule is CC(C)NC(=O)C(C)N1C(C(=O)O)CCC2CCCCC21. The molecule has 2 N–H and O–H groups in total. The molecule has 4 unspecified atom stereocenters. The Labute approximate surface area is 127 Å². The van der Waals surface area contributed by atoms with Crippen molar-refractivity contribution in [3.8, 4) is 0 Å². The minimum Gasteiger partial charge on any atom is -0.480 e. The Morgan fingerprint density at radius 2 is 1.76 bits per heavy atom. The zero-order chi connectivity index (χ0) is 15.6. The maximum atomic E-state index is 12.3. The van der Waals surface area contributed by atoms with E-state index < -0.39 is 12.0 Å². The highest BCUT2D eigenvalue weighted by molar-refractivity contribution is 5.83. The number of aliphatic carboxylic acids is 1. The molecule has 0 aromatic carbocycles. The van der Waals surface area contributed by atoms with Gasteiger partial charge in [0, 0.05) is 12.1 Å². The molecule has 0 spiro atoms.